The molecule has 0 saturated heterocycles. The van der Waals surface area contributed by atoms with Crippen molar-refractivity contribution in [3.05, 3.63) is 47.8 Å². The average Bonchev–Trinajstić information content (AvgIpc) is 2.74. The van der Waals surface area contributed by atoms with Crippen LogP contribution in [-0.4, -0.2) is 21.7 Å². The zero-order chi connectivity index (χ0) is 13.1. The van der Waals surface area contributed by atoms with Crippen LogP contribution in [-0.2, 0) is 20.2 Å². The molecule has 0 amide bonds. The number of hydrogen-bond acceptors (Lipinski definition) is 3. The summed E-state index contributed by atoms with van der Waals surface area (Å²) in [7, 11) is 3.76. The Labute approximate surface area is 105 Å². The second kappa shape index (κ2) is 5.18. The molecule has 0 fully saturated rings. The van der Waals surface area contributed by atoms with Gasteiger partial charge in [0.05, 0.1) is 13.2 Å². The highest BCUT2D eigenvalue weighted by molar-refractivity contribution is 5.53. The molecule has 0 aliphatic carbocycles. The van der Waals surface area contributed by atoms with Gasteiger partial charge in [-0.15, -0.1) is 0 Å². The van der Waals surface area contributed by atoms with Crippen LogP contribution in [0.25, 0.3) is 0 Å². The normalized spacial score (nSPS) is 10.7. The van der Waals surface area contributed by atoms with Crippen molar-refractivity contribution in [2.75, 3.05) is 11.9 Å². The standard InChI is InChI=1S/C13H16FN3O/c1-16-7-6-15-13(16)8-17(2)12-5-3-4-11(14)10(12)9-18/h3-7,18H,8-9H2,1-2H3. The van der Waals surface area contributed by atoms with Crippen molar-refractivity contribution < 1.29 is 9.50 Å². The number of hydrogen-bond donors (Lipinski definition) is 1. The van der Waals surface area contributed by atoms with Crippen molar-refractivity contribution in [3.63, 3.8) is 0 Å². The van der Waals surface area contributed by atoms with E-state index in [0.717, 1.165) is 5.82 Å². The maximum absolute atomic E-state index is 13.6. The Morgan fingerprint density at radius 2 is 2.22 bits per heavy atom. The number of anilines is 1. The van der Waals surface area contributed by atoms with E-state index in [0.29, 0.717) is 17.8 Å². The van der Waals surface area contributed by atoms with Crippen LogP contribution in [0.5, 0.6) is 0 Å². The summed E-state index contributed by atoms with van der Waals surface area (Å²) in [5.74, 6) is 0.493. The monoisotopic (exact) mass is 249 g/mol. The van der Waals surface area contributed by atoms with Gasteiger partial charge in [-0.3, -0.25) is 0 Å². The first kappa shape index (κ1) is 12.6. The predicted molar refractivity (Wildman–Crippen MR) is 67.6 cm³/mol. The second-order valence-corrected chi connectivity index (χ2v) is 4.21. The first-order chi connectivity index (χ1) is 8.63. The summed E-state index contributed by atoms with van der Waals surface area (Å²) in [6, 6.07) is 4.78. The molecular formula is C13H16FN3O. The maximum Gasteiger partial charge on any atom is 0.130 e. The third kappa shape index (κ3) is 2.36. The van der Waals surface area contributed by atoms with Gasteiger partial charge in [-0.25, -0.2) is 9.37 Å². The Morgan fingerprint density at radius 3 is 2.83 bits per heavy atom. The van der Waals surface area contributed by atoms with Crippen molar-refractivity contribution in [3.8, 4) is 0 Å². The number of halogens is 1. The smallest absolute Gasteiger partial charge is 0.130 e. The lowest BCUT2D eigenvalue weighted by Gasteiger charge is -2.21. The Morgan fingerprint density at radius 1 is 1.44 bits per heavy atom. The molecule has 96 valence electrons. The van der Waals surface area contributed by atoms with Crippen LogP contribution in [0.1, 0.15) is 11.4 Å². The zero-order valence-corrected chi connectivity index (χ0v) is 10.5. The molecule has 0 unspecified atom stereocenters. The van der Waals surface area contributed by atoms with E-state index in [1.165, 1.54) is 6.07 Å². The van der Waals surface area contributed by atoms with Gasteiger partial charge in [0.25, 0.3) is 0 Å². The topological polar surface area (TPSA) is 41.3 Å². The van der Waals surface area contributed by atoms with Crippen LogP contribution in [0, 0.1) is 5.82 Å². The first-order valence-corrected chi connectivity index (χ1v) is 5.69. The van der Waals surface area contributed by atoms with Crippen LogP contribution in [0.3, 0.4) is 0 Å². The lowest BCUT2D eigenvalue weighted by molar-refractivity contribution is 0.276. The van der Waals surface area contributed by atoms with Crippen molar-refractivity contribution in [1.29, 1.82) is 0 Å². The van der Waals surface area contributed by atoms with E-state index < -0.39 is 0 Å². The summed E-state index contributed by atoms with van der Waals surface area (Å²) >= 11 is 0. The van der Waals surface area contributed by atoms with Gasteiger partial charge in [0, 0.05) is 37.7 Å². The van der Waals surface area contributed by atoms with Gasteiger partial charge in [-0.1, -0.05) is 6.07 Å². The molecule has 2 rings (SSSR count). The Hall–Kier alpha value is -1.88. The minimum atomic E-state index is -0.387. The fraction of sp³-hybridized carbons (Fsp3) is 0.308. The quantitative estimate of drug-likeness (QED) is 0.896. The van der Waals surface area contributed by atoms with E-state index in [9.17, 15) is 9.50 Å². The number of aliphatic hydroxyl groups excluding tert-OH is 1. The molecule has 2 aromatic rings. The van der Waals surface area contributed by atoms with Gasteiger partial charge in [0.1, 0.15) is 11.6 Å². The van der Waals surface area contributed by atoms with Gasteiger partial charge >= 0.3 is 0 Å². The van der Waals surface area contributed by atoms with Crippen LogP contribution >= 0.6 is 0 Å². The third-order valence-corrected chi connectivity index (χ3v) is 2.96. The summed E-state index contributed by atoms with van der Waals surface area (Å²) in [5.41, 5.74) is 0.995. The molecule has 1 aromatic heterocycles. The number of rotatable bonds is 4. The lowest BCUT2D eigenvalue weighted by Crippen LogP contribution is -2.20. The number of nitrogens with zero attached hydrogens (tertiary/aromatic N) is 3. The molecule has 1 heterocycles. The van der Waals surface area contributed by atoms with E-state index in [1.807, 2.05) is 29.8 Å². The summed E-state index contributed by atoms with van der Waals surface area (Å²) in [6.45, 7) is 0.243. The maximum atomic E-state index is 13.6. The molecule has 5 heteroatoms. The molecule has 0 aliphatic heterocycles. The van der Waals surface area contributed by atoms with Gasteiger partial charge in [0.15, 0.2) is 0 Å². The fourth-order valence-corrected chi connectivity index (χ4v) is 1.91. The number of aromatic nitrogens is 2. The van der Waals surface area contributed by atoms with E-state index in [-0.39, 0.29) is 12.4 Å². The van der Waals surface area contributed by atoms with E-state index in [4.69, 9.17) is 0 Å². The molecule has 18 heavy (non-hydrogen) atoms. The number of aliphatic hydroxyl groups is 1. The average molecular weight is 249 g/mol. The van der Waals surface area contributed by atoms with E-state index in [1.54, 1.807) is 18.3 Å². The second-order valence-electron chi connectivity index (χ2n) is 4.21. The van der Waals surface area contributed by atoms with Gasteiger partial charge in [-0.05, 0) is 12.1 Å². The highest BCUT2D eigenvalue weighted by Crippen LogP contribution is 2.23. The lowest BCUT2D eigenvalue weighted by atomic mass is 10.1. The largest absolute Gasteiger partial charge is 0.391 e. The Balaban J connectivity index is 2.26. The predicted octanol–water partition coefficient (Wildman–Crippen LogP) is 1.69. The molecule has 0 atom stereocenters. The Kier molecular flexibility index (Phi) is 3.62. The third-order valence-electron chi connectivity index (χ3n) is 2.96. The summed E-state index contributed by atoms with van der Waals surface area (Å²) in [4.78, 5) is 6.10. The highest BCUT2D eigenvalue weighted by Gasteiger charge is 2.12. The van der Waals surface area contributed by atoms with Crippen molar-refractivity contribution in [1.82, 2.24) is 9.55 Å². The number of imidazole rings is 1. The van der Waals surface area contributed by atoms with Crippen molar-refractivity contribution in [2.45, 2.75) is 13.2 Å². The van der Waals surface area contributed by atoms with E-state index >= 15 is 0 Å². The molecule has 0 bridgehead atoms. The summed E-state index contributed by atoms with van der Waals surface area (Å²) in [6.07, 6.45) is 3.59. The van der Waals surface area contributed by atoms with Crippen LogP contribution in [0.2, 0.25) is 0 Å². The molecule has 0 aliphatic rings. The SMILES string of the molecule is CN(Cc1nccn1C)c1cccc(F)c1CO. The molecule has 1 aromatic carbocycles. The van der Waals surface area contributed by atoms with Gasteiger partial charge in [-0.2, -0.15) is 0 Å². The molecule has 4 nitrogen and oxygen atoms in total. The number of benzene rings is 1. The van der Waals surface area contributed by atoms with Gasteiger partial charge in [0.2, 0.25) is 0 Å². The van der Waals surface area contributed by atoms with Gasteiger partial charge < -0.3 is 14.6 Å². The highest BCUT2D eigenvalue weighted by atomic mass is 19.1. The van der Waals surface area contributed by atoms with Crippen LogP contribution < -0.4 is 4.90 Å². The van der Waals surface area contributed by atoms with E-state index in [2.05, 4.69) is 4.98 Å². The first-order valence-electron chi connectivity index (χ1n) is 5.69. The summed E-state index contributed by atoms with van der Waals surface area (Å²) in [5, 5.41) is 9.24. The van der Waals surface area contributed by atoms with Crippen molar-refractivity contribution in [2.24, 2.45) is 7.05 Å². The van der Waals surface area contributed by atoms with Crippen molar-refractivity contribution >= 4 is 5.69 Å². The minimum absolute atomic E-state index is 0.313. The Bertz CT molecular complexity index is 539. The molecule has 0 saturated carbocycles. The summed E-state index contributed by atoms with van der Waals surface area (Å²) < 4.78 is 15.5. The molecule has 1 N–H and O–H groups in total. The molecule has 0 spiro atoms. The van der Waals surface area contributed by atoms with Crippen LogP contribution in [0.4, 0.5) is 10.1 Å². The molecule has 0 radical (unpaired) electrons. The number of aryl methyl sites for hydroxylation is 1. The van der Waals surface area contributed by atoms with Crippen LogP contribution in [0.15, 0.2) is 30.6 Å². The minimum Gasteiger partial charge on any atom is -0.391 e. The molecular weight excluding hydrogens is 233 g/mol. The zero-order valence-electron chi connectivity index (χ0n) is 10.5. The fourth-order valence-electron chi connectivity index (χ4n) is 1.91.